The van der Waals surface area contributed by atoms with Gasteiger partial charge in [0.2, 0.25) is 0 Å². The molecule has 1 atom stereocenters. The molecular formula is C12H19ClN2S. The van der Waals surface area contributed by atoms with Crippen molar-refractivity contribution in [3.8, 4) is 0 Å². The van der Waals surface area contributed by atoms with Gasteiger partial charge in [0.15, 0.2) is 0 Å². The fourth-order valence-corrected chi connectivity index (χ4v) is 2.23. The molecule has 0 aromatic carbocycles. The fraction of sp³-hybridized carbons (Fsp3) is 0.667. The summed E-state index contributed by atoms with van der Waals surface area (Å²) in [5, 5.41) is 2.06. The molecule has 0 radical (unpaired) electrons. The number of thioether (sulfide) groups is 1. The number of rotatable bonds is 3. The lowest BCUT2D eigenvalue weighted by Crippen LogP contribution is -2.16. The van der Waals surface area contributed by atoms with Gasteiger partial charge in [-0.2, -0.15) is 0 Å². The zero-order valence-electron chi connectivity index (χ0n) is 10.5. The molecule has 90 valence electrons. The van der Waals surface area contributed by atoms with E-state index in [-0.39, 0.29) is 5.41 Å². The Balaban J connectivity index is 2.99. The summed E-state index contributed by atoms with van der Waals surface area (Å²) >= 11 is 7.77. The molecule has 4 heteroatoms. The van der Waals surface area contributed by atoms with Crippen LogP contribution in [0.25, 0.3) is 0 Å². The Hall–Kier alpha value is -0.280. The number of aromatic nitrogens is 2. The molecule has 0 saturated heterocycles. The Kier molecular flexibility index (Phi) is 4.62. The van der Waals surface area contributed by atoms with Gasteiger partial charge in [-0.15, -0.1) is 11.8 Å². The molecule has 0 aliphatic carbocycles. The largest absolute Gasteiger partial charge is 0.226 e. The normalized spacial score (nSPS) is 13.9. The first-order chi connectivity index (χ1) is 7.32. The minimum absolute atomic E-state index is 0.0599. The van der Waals surface area contributed by atoms with E-state index in [1.54, 1.807) is 11.8 Å². The van der Waals surface area contributed by atoms with E-state index >= 15 is 0 Å². The van der Waals surface area contributed by atoms with Gasteiger partial charge in [-0.3, -0.25) is 0 Å². The predicted molar refractivity (Wildman–Crippen MR) is 71.4 cm³/mol. The van der Waals surface area contributed by atoms with Crippen LogP contribution in [0.1, 0.15) is 46.9 Å². The third-order valence-electron chi connectivity index (χ3n) is 2.24. The van der Waals surface area contributed by atoms with Crippen molar-refractivity contribution in [2.45, 2.75) is 56.7 Å². The second kappa shape index (κ2) is 5.37. The summed E-state index contributed by atoms with van der Waals surface area (Å²) in [6.07, 6.45) is 1.12. The first-order valence-electron chi connectivity index (χ1n) is 5.54. The van der Waals surface area contributed by atoms with Crippen LogP contribution in [0.4, 0.5) is 0 Å². The van der Waals surface area contributed by atoms with Gasteiger partial charge >= 0.3 is 0 Å². The van der Waals surface area contributed by atoms with E-state index in [4.69, 9.17) is 11.6 Å². The lowest BCUT2D eigenvalue weighted by molar-refractivity contribution is 0.538. The minimum Gasteiger partial charge on any atom is -0.226 e. The lowest BCUT2D eigenvalue weighted by Gasteiger charge is -2.18. The molecule has 1 rings (SSSR count). The molecule has 1 aromatic heterocycles. The maximum absolute atomic E-state index is 6.02. The topological polar surface area (TPSA) is 25.8 Å². The molecule has 2 nitrogen and oxygen atoms in total. The minimum atomic E-state index is -0.0599. The third kappa shape index (κ3) is 3.95. The molecule has 0 spiro atoms. The summed E-state index contributed by atoms with van der Waals surface area (Å²) in [4.78, 5) is 8.84. The highest BCUT2D eigenvalue weighted by Gasteiger charge is 2.19. The van der Waals surface area contributed by atoms with E-state index in [0.717, 1.165) is 17.3 Å². The molecule has 1 heterocycles. The highest BCUT2D eigenvalue weighted by molar-refractivity contribution is 7.99. The molecule has 1 unspecified atom stereocenters. The zero-order chi connectivity index (χ0) is 12.3. The van der Waals surface area contributed by atoms with Gasteiger partial charge in [-0.05, 0) is 6.42 Å². The Morgan fingerprint density at radius 2 is 2.00 bits per heavy atom. The van der Waals surface area contributed by atoms with Crippen molar-refractivity contribution < 1.29 is 0 Å². The standard InChI is InChI=1S/C12H19ClN2S/c1-6-8(2)16-10-7-9(13)14-11(15-10)12(3,4)5/h7-8H,6H2,1-5H3. The number of halogens is 1. The highest BCUT2D eigenvalue weighted by Crippen LogP contribution is 2.28. The third-order valence-corrected chi connectivity index (χ3v) is 3.62. The molecular weight excluding hydrogens is 240 g/mol. The smallest absolute Gasteiger partial charge is 0.136 e. The summed E-state index contributed by atoms with van der Waals surface area (Å²) in [5.41, 5.74) is -0.0599. The van der Waals surface area contributed by atoms with E-state index in [0.29, 0.717) is 10.4 Å². The second-order valence-corrected chi connectivity index (χ2v) is 6.79. The Morgan fingerprint density at radius 3 is 2.50 bits per heavy atom. The van der Waals surface area contributed by atoms with E-state index < -0.39 is 0 Å². The molecule has 0 bridgehead atoms. The Morgan fingerprint density at radius 1 is 1.38 bits per heavy atom. The van der Waals surface area contributed by atoms with E-state index in [9.17, 15) is 0 Å². The number of hydrogen-bond acceptors (Lipinski definition) is 3. The Labute approximate surface area is 107 Å². The van der Waals surface area contributed by atoms with Crippen molar-refractivity contribution in [1.29, 1.82) is 0 Å². The molecule has 0 N–H and O–H groups in total. The van der Waals surface area contributed by atoms with Gasteiger partial charge in [0, 0.05) is 16.7 Å². The SMILES string of the molecule is CCC(C)Sc1cc(Cl)nc(C(C)(C)C)n1. The maximum atomic E-state index is 6.02. The van der Waals surface area contributed by atoms with Gasteiger partial charge in [-0.1, -0.05) is 46.2 Å². The van der Waals surface area contributed by atoms with Crippen LogP contribution >= 0.6 is 23.4 Å². The van der Waals surface area contributed by atoms with Crippen LogP contribution in [-0.2, 0) is 5.41 Å². The quantitative estimate of drug-likeness (QED) is 0.597. The van der Waals surface area contributed by atoms with Crippen molar-refractivity contribution in [3.63, 3.8) is 0 Å². The van der Waals surface area contributed by atoms with Crippen LogP contribution in [0.5, 0.6) is 0 Å². The molecule has 0 fully saturated rings. The number of nitrogens with zero attached hydrogens (tertiary/aromatic N) is 2. The van der Waals surface area contributed by atoms with Crippen molar-refractivity contribution in [2.24, 2.45) is 0 Å². The monoisotopic (exact) mass is 258 g/mol. The van der Waals surface area contributed by atoms with Gasteiger partial charge in [0.05, 0.1) is 0 Å². The van der Waals surface area contributed by atoms with E-state index in [1.807, 2.05) is 6.07 Å². The maximum Gasteiger partial charge on any atom is 0.136 e. The van der Waals surface area contributed by atoms with Gasteiger partial charge in [0.1, 0.15) is 16.0 Å². The van der Waals surface area contributed by atoms with Gasteiger partial charge in [0.25, 0.3) is 0 Å². The van der Waals surface area contributed by atoms with Crippen LogP contribution in [0.3, 0.4) is 0 Å². The number of hydrogen-bond donors (Lipinski definition) is 0. The highest BCUT2D eigenvalue weighted by atomic mass is 35.5. The van der Waals surface area contributed by atoms with Crippen LogP contribution in [0.15, 0.2) is 11.1 Å². The molecule has 0 aliphatic rings. The summed E-state index contributed by atoms with van der Waals surface area (Å²) < 4.78 is 0. The molecule has 0 aliphatic heterocycles. The van der Waals surface area contributed by atoms with E-state index in [1.165, 1.54) is 0 Å². The fourth-order valence-electron chi connectivity index (χ4n) is 1.08. The second-order valence-electron chi connectivity index (χ2n) is 4.94. The molecule has 0 amide bonds. The molecule has 1 aromatic rings. The van der Waals surface area contributed by atoms with Crippen LogP contribution < -0.4 is 0 Å². The van der Waals surface area contributed by atoms with Crippen molar-refractivity contribution in [2.75, 3.05) is 0 Å². The first kappa shape index (κ1) is 13.8. The summed E-state index contributed by atoms with van der Waals surface area (Å²) in [6.45, 7) is 10.6. The summed E-state index contributed by atoms with van der Waals surface area (Å²) in [5.74, 6) is 0.811. The predicted octanol–water partition coefficient (Wildman–Crippen LogP) is 4.32. The van der Waals surface area contributed by atoms with Crippen molar-refractivity contribution in [3.05, 3.63) is 17.0 Å². The Bertz CT molecular complexity index is 361. The van der Waals surface area contributed by atoms with Gasteiger partial charge < -0.3 is 0 Å². The van der Waals surface area contributed by atoms with Crippen LogP contribution in [-0.4, -0.2) is 15.2 Å². The average Bonchev–Trinajstić information content (AvgIpc) is 2.15. The van der Waals surface area contributed by atoms with Crippen LogP contribution in [0.2, 0.25) is 5.15 Å². The molecule has 16 heavy (non-hydrogen) atoms. The lowest BCUT2D eigenvalue weighted by atomic mass is 9.96. The van der Waals surface area contributed by atoms with Gasteiger partial charge in [-0.25, -0.2) is 9.97 Å². The van der Waals surface area contributed by atoms with Crippen LogP contribution in [0, 0.1) is 0 Å². The first-order valence-corrected chi connectivity index (χ1v) is 6.80. The summed E-state index contributed by atoms with van der Waals surface area (Å²) in [6, 6.07) is 1.84. The van der Waals surface area contributed by atoms with E-state index in [2.05, 4.69) is 44.6 Å². The summed E-state index contributed by atoms with van der Waals surface area (Å²) in [7, 11) is 0. The average molecular weight is 259 g/mol. The zero-order valence-corrected chi connectivity index (χ0v) is 12.1. The van der Waals surface area contributed by atoms with Crippen molar-refractivity contribution in [1.82, 2.24) is 9.97 Å². The molecule has 0 saturated carbocycles. The van der Waals surface area contributed by atoms with Crippen molar-refractivity contribution >= 4 is 23.4 Å².